The van der Waals surface area contributed by atoms with Gasteiger partial charge in [-0.2, -0.15) is 0 Å². The molecule has 0 amide bonds. The molecule has 0 saturated heterocycles. The van der Waals surface area contributed by atoms with E-state index in [0.29, 0.717) is 77.3 Å². The van der Waals surface area contributed by atoms with Crippen LogP contribution in [0, 0.1) is 74.9 Å². The zero-order chi connectivity index (χ0) is 97.3. The van der Waals surface area contributed by atoms with Crippen molar-refractivity contribution in [3.8, 4) is 47.7 Å². The molecule has 2 N–H and O–H groups in total. The van der Waals surface area contributed by atoms with Crippen LogP contribution in [0.2, 0.25) is 0 Å². The van der Waals surface area contributed by atoms with Crippen molar-refractivity contribution in [2.24, 2.45) is 50.2 Å². The van der Waals surface area contributed by atoms with Crippen LogP contribution in [0.5, 0.6) is 23.0 Å². The highest BCUT2D eigenvalue weighted by molar-refractivity contribution is 6.67. The van der Waals surface area contributed by atoms with Gasteiger partial charge >= 0.3 is 0 Å². The fraction of sp³-hybridized carbons (Fsp3) is 0.371. The third-order valence-corrected chi connectivity index (χ3v) is 28.3. The van der Waals surface area contributed by atoms with Crippen LogP contribution in [0.3, 0.4) is 0 Å². The van der Waals surface area contributed by atoms with Gasteiger partial charge in [0.15, 0.2) is 34.7 Å². The van der Waals surface area contributed by atoms with Gasteiger partial charge < -0.3 is 39.1 Å². The lowest BCUT2D eigenvalue weighted by Crippen LogP contribution is -2.32. The highest BCUT2D eigenvalue weighted by Gasteiger charge is 2.66. The smallest absolute Gasteiger partial charge is 0.252 e. The number of fused-ring (bicyclic) bond motifs is 6. The molecule has 6 unspecified atom stereocenters. The summed E-state index contributed by atoms with van der Waals surface area (Å²) in [6, 6.07) is 59.6. The molecule has 0 spiro atoms. The number of Topliss-reactive ketones (excluding diaryl/α,β-unsaturated/α-hetero) is 5. The largest absolute Gasteiger partial charge is 0.508 e. The van der Waals surface area contributed by atoms with Crippen LogP contribution in [0.25, 0.3) is 24.0 Å². The number of carbonyl (C=O) groups excluding carboxylic acids is 7. The number of aliphatic hydroxyl groups is 1. The van der Waals surface area contributed by atoms with Gasteiger partial charge in [-0.3, -0.25) is 33.6 Å². The number of rotatable bonds is 27. The number of ether oxygens (including phenoxy) is 3. The lowest BCUT2D eigenvalue weighted by Gasteiger charge is -2.31. The number of phenols is 1. The summed E-state index contributed by atoms with van der Waals surface area (Å²) in [5.74, 6) is 9.62. The van der Waals surface area contributed by atoms with Gasteiger partial charge in [-0.25, -0.2) is 0 Å². The fourth-order valence-corrected chi connectivity index (χ4v) is 18.7. The van der Waals surface area contributed by atoms with Crippen LogP contribution in [0.1, 0.15) is 232 Å². The van der Waals surface area contributed by atoms with Gasteiger partial charge in [0.2, 0.25) is 0 Å². The standard InChI is InChI=1S/C22H24O3.C20H24O2.C20H22O2.C17H20O2.C13H17NO.C13H15NO.C11H14ClNO/c1-5-14-25-19-12-8-17(9-13-19)21(24)15-20(23)16-6-10-18(11-7-16)22(2,3)4;2*1-5-12-22-15-8-6-14(7-9-15)13-16-17-10-11-20(4,18(16)21)19(17,2)3;1-16(2)14-8-9-17(16,3)15(19)13(14)10-11-4-6-12(18)7-5-11;2*1-4-10-14(5-2)13-8-6-12(7-9-13)11(3)15;1-3-13(4-2)10-7-5-9(6-8-10)11(12)14/h5-13,15,24H,1,14H2,2-4H3;5-9,13,17H,1,10-12H2,2-4H3;1,6-9,13,17H,10-12H2,2-4H3;4-7,10,14,18H,8-9H2,1-3H3;4,6-9H,1,5,10H2,2-3H3;1,6-9H,5,10H2,2-3H3;5-8H,3-4H2,1-2H3/b;2*16-13+;13-10+;;;. The molecule has 6 atom stereocenters. The molecular formula is C116H136ClN3O12. The van der Waals surface area contributed by atoms with Crippen LogP contribution >= 0.6 is 11.6 Å². The number of halogens is 1. The van der Waals surface area contributed by atoms with Crippen LogP contribution in [-0.4, -0.2) is 109 Å². The molecule has 6 bridgehead atoms. The Hall–Kier alpha value is -12.6. The Morgan fingerprint density at radius 1 is 0.447 bits per heavy atom. The van der Waals surface area contributed by atoms with E-state index in [1.54, 1.807) is 86.7 Å². The minimum atomic E-state index is -0.406. The van der Waals surface area contributed by atoms with Gasteiger partial charge in [-0.1, -0.05) is 187 Å². The molecule has 6 saturated carbocycles. The molecule has 0 radical (unpaired) electrons. The molecule has 6 aliphatic carbocycles. The number of benzene rings is 8. The van der Waals surface area contributed by atoms with Gasteiger partial charge in [-0.15, -0.1) is 19.4 Å². The van der Waals surface area contributed by atoms with Crippen molar-refractivity contribution in [1.29, 1.82) is 0 Å². The first-order valence-electron chi connectivity index (χ1n) is 45.8. The summed E-state index contributed by atoms with van der Waals surface area (Å²) < 4.78 is 16.3. The molecule has 694 valence electrons. The average molecular weight is 1800 g/mol. The van der Waals surface area contributed by atoms with Gasteiger partial charge in [-0.05, 0) is 322 Å². The predicted octanol–water partition coefficient (Wildman–Crippen LogP) is 26.1. The normalized spacial score (nSPS) is 20.6. The van der Waals surface area contributed by atoms with Crippen molar-refractivity contribution in [1.82, 2.24) is 0 Å². The quantitative estimate of drug-likeness (QED) is 0.0123. The summed E-state index contributed by atoms with van der Waals surface area (Å²) in [6.45, 7) is 55.0. The molecule has 6 aliphatic rings. The van der Waals surface area contributed by atoms with E-state index in [0.717, 1.165) is 150 Å². The highest BCUT2D eigenvalue weighted by atomic mass is 35.5. The Morgan fingerprint density at radius 3 is 1.08 bits per heavy atom. The molecule has 0 heterocycles. The van der Waals surface area contributed by atoms with E-state index in [4.69, 9.17) is 38.7 Å². The maximum absolute atomic E-state index is 12.8. The Bertz CT molecular complexity index is 5570. The number of nitrogens with zero attached hydrogens (tertiary/aromatic N) is 3. The van der Waals surface area contributed by atoms with Crippen molar-refractivity contribution in [2.75, 3.05) is 73.8 Å². The second kappa shape index (κ2) is 46.5. The number of hydrogen-bond donors (Lipinski definition) is 2. The van der Waals surface area contributed by atoms with E-state index in [1.807, 2.05) is 146 Å². The van der Waals surface area contributed by atoms with Crippen molar-refractivity contribution in [3.05, 3.63) is 305 Å². The third-order valence-electron chi connectivity index (χ3n) is 28.1. The molecule has 132 heavy (non-hydrogen) atoms. The lowest BCUT2D eigenvalue weighted by atomic mass is 9.70. The average Bonchev–Trinajstić information content (AvgIpc) is 1.55. The maximum atomic E-state index is 12.8. The van der Waals surface area contributed by atoms with Crippen LogP contribution in [0.15, 0.2) is 255 Å². The molecule has 14 rings (SSSR count). The van der Waals surface area contributed by atoms with Crippen molar-refractivity contribution >= 4 is 92.6 Å². The number of likely N-dealkylation sites (N-methyl/N-ethyl adjacent to an activating group) is 1. The monoisotopic (exact) mass is 1800 g/mol. The number of anilines is 3. The zero-order valence-electron chi connectivity index (χ0n) is 80.8. The SMILES string of the molecule is C#CCN(CC)c1ccc(C(C)=O)cc1.C#CCOc1ccc(/C=C2/C(=O)C3(C)CCC2C3(C)C)cc1.C=CCN(CC)c1ccc(C(C)=O)cc1.C=CCOc1ccc(/C=C2/C(=O)C3(C)CCC2C3(C)C)cc1.C=CCOc1ccc(C(O)=CC(=O)c2ccc(C(C)(C)C)cc2)cc1.CC12CCC(/C(=C\c3ccc(O)cc3)C1=O)C2(C)C.CCN(CC)c1ccc(C(=O)Cl)cc1. The number of aromatic hydroxyl groups is 1. The molecule has 0 aliphatic heterocycles. The Kier molecular flexibility index (Phi) is 36.9. The first-order chi connectivity index (χ1) is 62.5. The van der Waals surface area contributed by atoms with Gasteiger partial charge in [0, 0.05) is 99.9 Å². The first kappa shape index (κ1) is 105. The number of ketones is 6. The van der Waals surface area contributed by atoms with E-state index in [1.165, 1.54) is 6.08 Å². The van der Waals surface area contributed by atoms with E-state index < -0.39 is 5.24 Å². The molecule has 16 heteroatoms. The van der Waals surface area contributed by atoms with Crippen LogP contribution < -0.4 is 28.9 Å². The Labute approximate surface area is 790 Å². The summed E-state index contributed by atoms with van der Waals surface area (Å²) in [7, 11) is 0. The third kappa shape index (κ3) is 25.0. The minimum Gasteiger partial charge on any atom is -0.508 e. The molecule has 6 fully saturated rings. The number of terminal acetylenes is 2. The lowest BCUT2D eigenvalue weighted by molar-refractivity contribution is -0.126. The summed E-state index contributed by atoms with van der Waals surface area (Å²) in [5, 5.41) is 19.1. The van der Waals surface area contributed by atoms with Crippen molar-refractivity contribution in [2.45, 2.75) is 169 Å². The summed E-state index contributed by atoms with van der Waals surface area (Å²) >= 11 is 5.35. The Balaban J connectivity index is 0.000000192. The number of phenolic OH excluding ortho intramolecular Hbond substituents is 1. The van der Waals surface area contributed by atoms with Crippen molar-refractivity contribution in [3.63, 3.8) is 0 Å². The molecular weight excluding hydrogens is 1660 g/mol. The van der Waals surface area contributed by atoms with Crippen LogP contribution in [-0.2, 0) is 19.8 Å². The van der Waals surface area contributed by atoms with E-state index in [2.05, 4.69) is 169 Å². The zero-order valence-corrected chi connectivity index (χ0v) is 81.6. The maximum Gasteiger partial charge on any atom is 0.252 e. The summed E-state index contributed by atoms with van der Waals surface area (Å²) in [4.78, 5) is 90.1. The second-order valence-corrected chi connectivity index (χ2v) is 38.0. The van der Waals surface area contributed by atoms with Crippen molar-refractivity contribution < 1.29 is 58.0 Å². The molecule has 15 nitrogen and oxygen atoms in total. The topological polar surface area (TPSA) is 197 Å². The van der Waals surface area contributed by atoms with E-state index in [9.17, 15) is 43.8 Å². The number of carbonyl (C=O) groups is 7. The minimum absolute atomic E-state index is 0.0367. The Morgan fingerprint density at radius 2 is 0.773 bits per heavy atom. The van der Waals surface area contributed by atoms with Crippen LogP contribution in [0.4, 0.5) is 17.1 Å². The fourth-order valence-electron chi connectivity index (χ4n) is 18.6. The van der Waals surface area contributed by atoms with E-state index >= 15 is 0 Å². The van der Waals surface area contributed by atoms with Gasteiger partial charge in [0.05, 0.1) is 6.54 Å². The number of allylic oxidation sites excluding steroid dienone is 4. The predicted molar refractivity (Wildman–Crippen MR) is 544 cm³/mol. The first-order valence-corrected chi connectivity index (χ1v) is 46.2. The summed E-state index contributed by atoms with van der Waals surface area (Å²) in [6.07, 6.45) is 29.5. The number of aliphatic hydroxyl groups excluding tert-OH is 1. The molecule has 8 aromatic rings. The van der Waals surface area contributed by atoms with E-state index in [-0.39, 0.29) is 73.4 Å². The summed E-state index contributed by atoms with van der Waals surface area (Å²) in [5.41, 5.74) is 13.4. The van der Waals surface area contributed by atoms with Gasteiger partial charge in [0.25, 0.3) is 5.24 Å². The highest BCUT2D eigenvalue weighted by Crippen LogP contribution is 2.68. The van der Waals surface area contributed by atoms with Gasteiger partial charge in [0.1, 0.15) is 48.6 Å². The molecule has 0 aromatic heterocycles. The second-order valence-electron chi connectivity index (χ2n) is 37.6. The number of hydrogen-bond acceptors (Lipinski definition) is 15. The molecule has 8 aromatic carbocycles.